The molecule has 1 aliphatic heterocycles. The molecule has 0 atom stereocenters. The zero-order valence-electron chi connectivity index (χ0n) is 6.17. The highest BCUT2D eigenvalue weighted by Gasteiger charge is 2.00. The number of nitrogens with zero attached hydrogens (tertiary/aromatic N) is 2. The Labute approximate surface area is 56.8 Å². The molecule has 2 nitrogen and oxygen atoms in total. The van der Waals surface area contributed by atoms with Crippen molar-refractivity contribution in [2.45, 2.75) is 0 Å². The Balaban J connectivity index is 2.39. The monoisotopic (exact) mass is 126 g/mol. The molecule has 2 heteroatoms. The molecule has 0 amide bonds. The van der Waals surface area contributed by atoms with Crippen molar-refractivity contribution in [1.82, 2.24) is 9.80 Å². The molecular weight excluding hydrogens is 112 g/mol. The van der Waals surface area contributed by atoms with Gasteiger partial charge in [-0.25, -0.2) is 0 Å². The molecule has 1 heterocycles. The summed E-state index contributed by atoms with van der Waals surface area (Å²) in [6.45, 7) is 3.40. The minimum atomic E-state index is 1.09. The zero-order chi connectivity index (χ0) is 6.69. The van der Waals surface area contributed by atoms with Gasteiger partial charge in [0.2, 0.25) is 0 Å². The first-order valence-electron chi connectivity index (χ1n) is 3.34. The van der Waals surface area contributed by atoms with Crippen LogP contribution in [0.4, 0.5) is 0 Å². The minimum absolute atomic E-state index is 1.09. The van der Waals surface area contributed by atoms with E-state index < -0.39 is 0 Å². The molecule has 9 heavy (non-hydrogen) atoms. The molecule has 0 unspecified atom stereocenters. The summed E-state index contributed by atoms with van der Waals surface area (Å²) in [5.74, 6) is 0. The molecule has 0 aromatic carbocycles. The van der Waals surface area contributed by atoms with Gasteiger partial charge in [0.15, 0.2) is 0 Å². The normalized spacial score (nSPS) is 22.2. The van der Waals surface area contributed by atoms with Crippen molar-refractivity contribution in [2.24, 2.45) is 0 Å². The van der Waals surface area contributed by atoms with Crippen LogP contribution in [-0.2, 0) is 0 Å². The van der Waals surface area contributed by atoms with Gasteiger partial charge in [-0.3, -0.25) is 0 Å². The van der Waals surface area contributed by atoms with Gasteiger partial charge in [0, 0.05) is 26.7 Å². The Morgan fingerprint density at radius 3 is 2.78 bits per heavy atom. The van der Waals surface area contributed by atoms with E-state index in [1.54, 1.807) is 0 Å². The van der Waals surface area contributed by atoms with Crippen molar-refractivity contribution in [1.29, 1.82) is 0 Å². The van der Waals surface area contributed by atoms with Gasteiger partial charge in [0.1, 0.15) is 0 Å². The molecule has 0 saturated heterocycles. The quantitative estimate of drug-likeness (QED) is 0.463. The SMILES string of the molecule is CN1C=CCN(C)CC1. The highest BCUT2D eigenvalue weighted by atomic mass is 15.2. The van der Waals surface area contributed by atoms with Gasteiger partial charge in [0.25, 0.3) is 0 Å². The van der Waals surface area contributed by atoms with Crippen LogP contribution in [-0.4, -0.2) is 43.5 Å². The van der Waals surface area contributed by atoms with Crippen LogP contribution >= 0.6 is 0 Å². The number of hydrogen-bond donors (Lipinski definition) is 0. The summed E-state index contributed by atoms with van der Waals surface area (Å²) in [5, 5.41) is 0. The van der Waals surface area contributed by atoms with Crippen LogP contribution in [0.2, 0.25) is 0 Å². The smallest absolute Gasteiger partial charge is 0.0296 e. The Kier molecular flexibility index (Phi) is 2.11. The largest absolute Gasteiger partial charge is 0.379 e. The van der Waals surface area contributed by atoms with E-state index in [1.165, 1.54) is 6.54 Å². The number of hydrogen-bond acceptors (Lipinski definition) is 2. The lowest BCUT2D eigenvalue weighted by Crippen LogP contribution is -2.24. The van der Waals surface area contributed by atoms with E-state index in [4.69, 9.17) is 0 Å². The molecular formula is C7H14N2. The molecule has 0 N–H and O–H groups in total. The average Bonchev–Trinajstić information content (AvgIpc) is 1.97. The molecule has 0 saturated carbocycles. The lowest BCUT2D eigenvalue weighted by atomic mass is 10.5. The summed E-state index contributed by atoms with van der Waals surface area (Å²) in [5.41, 5.74) is 0. The van der Waals surface area contributed by atoms with Gasteiger partial charge in [-0.05, 0) is 13.2 Å². The maximum absolute atomic E-state index is 2.31. The van der Waals surface area contributed by atoms with Crippen molar-refractivity contribution < 1.29 is 0 Å². The second kappa shape index (κ2) is 2.87. The Hall–Kier alpha value is -0.500. The Morgan fingerprint density at radius 1 is 1.22 bits per heavy atom. The molecule has 1 aliphatic rings. The van der Waals surface area contributed by atoms with Gasteiger partial charge in [-0.15, -0.1) is 0 Å². The predicted octanol–water partition coefficient (Wildman–Crippen LogP) is 0.377. The third kappa shape index (κ3) is 2.06. The second-order valence-electron chi connectivity index (χ2n) is 2.63. The average molecular weight is 126 g/mol. The minimum Gasteiger partial charge on any atom is -0.379 e. The van der Waals surface area contributed by atoms with E-state index in [2.05, 4.69) is 36.2 Å². The van der Waals surface area contributed by atoms with Crippen LogP contribution in [0.5, 0.6) is 0 Å². The Bertz CT molecular complexity index is 109. The third-order valence-electron chi connectivity index (χ3n) is 1.61. The molecule has 0 aromatic heterocycles. The van der Waals surface area contributed by atoms with Crippen molar-refractivity contribution in [3.63, 3.8) is 0 Å². The fourth-order valence-corrected chi connectivity index (χ4v) is 0.901. The lowest BCUT2D eigenvalue weighted by molar-refractivity contribution is 0.336. The highest BCUT2D eigenvalue weighted by molar-refractivity contribution is 4.86. The van der Waals surface area contributed by atoms with Crippen molar-refractivity contribution in [3.05, 3.63) is 12.3 Å². The standard InChI is InChI=1S/C7H14N2/c1-8-4-3-5-9(2)7-6-8/h3-4H,5-7H2,1-2H3. The van der Waals surface area contributed by atoms with Gasteiger partial charge in [0.05, 0.1) is 0 Å². The summed E-state index contributed by atoms with van der Waals surface area (Å²) >= 11 is 0. The second-order valence-corrected chi connectivity index (χ2v) is 2.63. The first-order valence-corrected chi connectivity index (χ1v) is 3.34. The zero-order valence-corrected chi connectivity index (χ0v) is 6.17. The molecule has 0 spiro atoms. The van der Waals surface area contributed by atoms with Crippen LogP contribution in [0.15, 0.2) is 12.3 Å². The van der Waals surface area contributed by atoms with Crippen molar-refractivity contribution in [2.75, 3.05) is 33.7 Å². The van der Waals surface area contributed by atoms with Gasteiger partial charge in [-0.1, -0.05) is 6.08 Å². The maximum Gasteiger partial charge on any atom is 0.0296 e. The summed E-state index contributed by atoms with van der Waals surface area (Å²) in [7, 11) is 4.25. The van der Waals surface area contributed by atoms with E-state index >= 15 is 0 Å². The predicted molar refractivity (Wildman–Crippen MR) is 39.3 cm³/mol. The lowest BCUT2D eigenvalue weighted by Gasteiger charge is -2.14. The molecule has 0 bridgehead atoms. The van der Waals surface area contributed by atoms with E-state index in [0.29, 0.717) is 0 Å². The van der Waals surface area contributed by atoms with E-state index in [9.17, 15) is 0 Å². The van der Waals surface area contributed by atoms with Gasteiger partial charge >= 0.3 is 0 Å². The fraction of sp³-hybridized carbons (Fsp3) is 0.714. The topological polar surface area (TPSA) is 6.48 Å². The molecule has 0 radical (unpaired) electrons. The van der Waals surface area contributed by atoms with E-state index in [0.717, 1.165) is 13.1 Å². The molecule has 52 valence electrons. The number of rotatable bonds is 0. The van der Waals surface area contributed by atoms with Crippen LogP contribution in [0.3, 0.4) is 0 Å². The van der Waals surface area contributed by atoms with Crippen molar-refractivity contribution >= 4 is 0 Å². The molecule has 0 aliphatic carbocycles. The molecule has 0 aromatic rings. The fourth-order valence-electron chi connectivity index (χ4n) is 0.901. The highest BCUT2D eigenvalue weighted by Crippen LogP contribution is 1.93. The van der Waals surface area contributed by atoms with Crippen LogP contribution < -0.4 is 0 Å². The summed E-state index contributed by atoms with van der Waals surface area (Å²) in [6, 6.07) is 0. The van der Waals surface area contributed by atoms with Gasteiger partial charge in [-0.2, -0.15) is 0 Å². The third-order valence-corrected chi connectivity index (χ3v) is 1.61. The van der Waals surface area contributed by atoms with Crippen LogP contribution in [0, 0.1) is 0 Å². The summed E-state index contributed by atoms with van der Waals surface area (Å²) < 4.78 is 0. The van der Waals surface area contributed by atoms with Gasteiger partial charge < -0.3 is 9.80 Å². The molecule has 0 fully saturated rings. The number of likely N-dealkylation sites (N-methyl/N-ethyl adjacent to an activating group) is 2. The van der Waals surface area contributed by atoms with E-state index in [-0.39, 0.29) is 0 Å². The van der Waals surface area contributed by atoms with Crippen LogP contribution in [0.1, 0.15) is 0 Å². The molecule has 1 rings (SSSR count). The Morgan fingerprint density at radius 2 is 2.00 bits per heavy atom. The van der Waals surface area contributed by atoms with Crippen LogP contribution in [0.25, 0.3) is 0 Å². The summed E-state index contributed by atoms with van der Waals surface area (Å²) in [6.07, 6.45) is 4.33. The first kappa shape index (κ1) is 6.62. The first-order chi connectivity index (χ1) is 4.29. The maximum atomic E-state index is 2.31. The van der Waals surface area contributed by atoms with E-state index in [1.807, 2.05) is 0 Å². The van der Waals surface area contributed by atoms with Crippen molar-refractivity contribution in [3.8, 4) is 0 Å². The summed E-state index contributed by atoms with van der Waals surface area (Å²) in [4.78, 5) is 4.52.